The molecule has 0 radical (unpaired) electrons. The fourth-order valence-electron chi connectivity index (χ4n) is 0.585. The van der Waals surface area contributed by atoms with Gasteiger partial charge in [-0.1, -0.05) is 0 Å². The zero-order valence-corrected chi connectivity index (χ0v) is 11.1. The van der Waals surface area contributed by atoms with Crippen LogP contribution in [-0.4, -0.2) is 12.6 Å². The fourth-order valence-corrected chi connectivity index (χ4v) is 0.585. The zero-order valence-electron chi connectivity index (χ0n) is 8.17. The van der Waals surface area contributed by atoms with Crippen LogP contribution in [0.2, 0.25) is 0 Å². The van der Waals surface area contributed by atoms with E-state index >= 15 is 0 Å². The van der Waals surface area contributed by atoms with Crippen LogP contribution in [0.15, 0.2) is 0 Å². The second-order valence-electron chi connectivity index (χ2n) is 2.73. The van der Waals surface area contributed by atoms with Crippen LogP contribution < -0.4 is 0 Å². The molecular weight excluding hydrogens is 219 g/mol. The van der Waals surface area contributed by atoms with Crippen LogP contribution in [0.4, 0.5) is 0 Å². The number of nitrogens with zero attached hydrogens (tertiary/aromatic N) is 1. The molecule has 0 aromatic carbocycles. The molecule has 0 bridgehead atoms. The Morgan fingerprint density at radius 3 is 2.38 bits per heavy atom. The van der Waals surface area contributed by atoms with E-state index in [1.807, 2.05) is 6.07 Å². The number of nitriles is 1. The number of rotatable bonds is 3. The quantitative estimate of drug-likeness (QED) is 0.419. The standard InChI is InChI=1S/C9H13NO2.Zn/c1-5-12-8(11)9(4,6-10)7(2)3;/h7H,2-3,5H2,1,4H3;/q-2;+2. The molecule has 0 aromatic heterocycles. The average molecular weight is 233 g/mol. The monoisotopic (exact) mass is 231 g/mol. The third kappa shape index (κ3) is 3.44. The molecule has 0 aliphatic heterocycles. The molecule has 0 aliphatic rings. The maximum absolute atomic E-state index is 11.2. The molecule has 0 spiro atoms. The van der Waals surface area contributed by atoms with Crippen LogP contribution in [-0.2, 0) is 29.0 Å². The molecule has 0 saturated carbocycles. The van der Waals surface area contributed by atoms with E-state index in [0.29, 0.717) is 0 Å². The molecule has 0 amide bonds. The molecule has 3 nitrogen and oxygen atoms in total. The van der Waals surface area contributed by atoms with Crippen molar-refractivity contribution in [2.24, 2.45) is 11.3 Å². The Hall–Kier alpha value is -0.417. The van der Waals surface area contributed by atoms with Gasteiger partial charge in [0.2, 0.25) is 0 Å². The summed E-state index contributed by atoms with van der Waals surface area (Å²) in [5, 5.41) is 8.72. The van der Waals surface area contributed by atoms with E-state index in [9.17, 15) is 4.79 Å². The molecule has 68 valence electrons. The minimum atomic E-state index is -1.23. The van der Waals surface area contributed by atoms with Gasteiger partial charge in [-0.2, -0.15) is 5.26 Å². The normalized spacial score (nSPS) is 13.8. The van der Waals surface area contributed by atoms with Crippen molar-refractivity contribution in [2.45, 2.75) is 13.8 Å². The van der Waals surface area contributed by atoms with Crippen LogP contribution in [0.3, 0.4) is 0 Å². The van der Waals surface area contributed by atoms with Crippen LogP contribution >= 0.6 is 0 Å². The van der Waals surface area contributed by atoms with Crippen molar-refractivity contribution in [2.75, 3.05) is 6.61 Å². The van der Waals surface area contributed by atoms with Crippen molar-refractivity contribution in [1.29, 1.82) is 5.26 Å². The van der Waals surface area contributed by atoms with Gasteiger partial charge >= 0.3 is 25.4 Å². The molecule has 0 aliphatic carbocycles. The molecule has 0 fully saturated rings. The van der Waals surface area contributed by atoms with Gasteiger partial charge in [0.25, 0.3) is 0 Å². The molecule has 4 heteroatoms. The summed E-state index contributed by atoms with van der Waals surface area (Å²) in [6.45, 7) is 10.5. The maximum atomic E-state index is 11.2. The SMILES string of the molecule is [CH2-]C([CH2-])C(C)(C#N)C(=O)OCC.[Zn+2]. The van der Waals surface area contributed by atoms with Crippen LogP contribution in [0.1, 0.15) is 13.8 Å². The summed E-state index contributed by atoms with van der Waals surface area (Å²) in [7, 11) is 0. The Bertz CT molecular complexity index is 210. The van der Waals surface area contributed by atoms with Gasteiger partial charge in [-0.05, 0) is 13.8 Å². The van der Waals surface area contributed by atoms with Crippen molar-refractivity contribution in [1.82, 2.24) is 0 Å². The largest absolute Gasteiger partial charge is 2.00 e. The number of hydrogen-bond acceptors (Lipinski definition) is 3. The van der Waals surface area contributed by atoms with Crippen molar-refractivity contribution < 1.29 is 29.0 Å². The van der Waals surface area contributed by atoms with Gasteiger partial charge in [-0.25, -0.2) is 0 Å². The molecule has 0 rings (SSSR count). The third-order valence-corrected chi connectivity index (χ3v) is 1.75. The van der Waals surface area contributed by atoms with Crippen LogP contribution in [0.5, 0.6) is 0 Å². The number of ether oxygens (including phenoxy) is 1. The van der Waals surface area contributed by atoms with Gasteiger partial charge < -0.3 is 18.6 Å². The smallest absolute Gasteiger partial charge is 0.465 e. The van der Waals surface area contributed by atoms with E-state index in [-0.39, 0.29) is 26.1 Å². The first-order valence-electron chi connectivity index (χ1n) is 3.73. The molecule has 1 atom stereocenters. The Kier molecular flexibility index (Phi) is 7.07. The molecule has 0 heterocycles. The predicted molar refractivity (Wildman–Crippen MR) is 44.6 cm³/mol. The Balaban J connectivity index is 0. The molecule has 0 saturated heterocycles. The van der Waals surface area contributed by atoms with Gasteiger partial charge in [-0.15, -0.1) is 0 Å². The number of carbonyl (C=O) groups excluding carboxylic acids is 1. The van der Waals surface area contributed by atoms with E-state index in [2.05, 4.69) is 13.8 Å². The average Bonchev–Trinajstić information content (AvgIpc) is 2.03. The third-order valence-electron chi connectivity index (χ3n) is 1.75. The summed E-state index contributed by atoms with van der Waals surface area (Å²) in [4.78, 5) is 11.2. The minimum Gasteiger partial charge on any atom is -0.465 e. The number of hydrogen-bond donors (Lipinski definition) is 0. The molecule has 1 unspecified atom stereocenters. The number of esters is 1. The van der Waals surface area contributed by atoms with Crippen molar-refractivity contribution >= 4 is 5.97 Å². The summed E-state index contributed by atoms with van der Waals surface area (Å²) in [6.07, 6.45) is 0. The maximum Gasteiger partial charge on any atom is 2.00 e. The van der Waals surface area contributed by atoms with Crippen LogP contribution in [0, 0.1) is 36.5 Å². The Labute approximate surface area is 92.2 Å². The van der Waals surface area contributed by atoms with Gasteiger partial charge in [0.05, 0.1) is 12.7 Å². The zero-order chi connectivity index (χ0) is 9.78. The first-order valence-corrected chi connectivity index (χ1v) is 3.73. The van der Waals surface area contributed by atoms with E-state index in [0.717, 1.165) is 0 Å². The topological polar surface area (TPSA) is 50.1 Å². The second kappa shape index (κ2) is 6.10. The summed E-state index contributed by atoms with van der Waals surface area (Å²) in [6, 6.07) is 1.86. The van der Waals surface area contributed by atoms with Crippen molar-refractivity contribution in [3.8, 4) is 6.07 Å². The van der Waals surface area contributed by atoms with Gasteiger partial charge in [0.15, 0.2) is 0 Å². The summed E-state index contributed by atoms with van der Waals surface area (Å²) < 4.78 is 4.72. The summed E-state index contributed by atoms with van der Waals surface area (Å²) >= 11 is 0. The van der Waals surface area contributed by atoms with Crippen LogP contribution in [0.25, 0.3) is 0 Å². The van der Waals surface area contributed by atoms with Crippen molar-refractivity contribution in [3.63, 3.8) is 0 Å². The molecule has 13 heavy (non-hydrogen) atoms. The van der Waals surface area contributed by atoms with E-state index < -0.39 is 17.3 Å². The van der Waals surface area contributed by atoms with Crippen molar-refractivity contribution in [3.05, 3.63) is 13.8 Å². The summed E-state index contributed by atoms with van der Waals surface area (Å²) in [5.74, 6) is -1.08. The van der Waals surface area contributed by atoms with Gasteiger partial charge in [-0.3, -0.25) is 10.7 Å². The van der Waals surface area contributed by atoms with E-state index in [4.69, 9.17) is 10.00 Å². The minimum absolute atomic E-state index is 0. The first kappa shape index (κ1) is 15.1. The predicted octanol–water partition coefficient (Wildman–Crippen LogP) is 1.36. The molecule has 0 aromatic rings. The number of carbonyl (C=O) groups is 1. The Morgan fingerprint density at radius 1 is 1.69 bits per heavy atom. The summed E-state index contributed by atoms with van der Waals surface area (Å²) in [5.41, 5.74) is -1.23. The van der Waals surface area contributed by atoms with Gasteiger partial charge in [0, 0.05) is 0 Å². The molecular formula is C9H13NO2Zn. The van der Waals surface area contributed by atoms with E-state index in [1.54, 1.807) is 6.92 Å². The Morgan fingerprint density at radius 2 is 2.15 bits per heavy atom. The van der Waals surface area contributed by atoms with Gasteiger partial charge in [0.1, 0.15) is 5.41 Å². The van der Waals surface area contributed by atoms with E-state index in [1.165, 1.54) is 6.92 Å². The second-order valence-corrected chi connectivity index (χ2v) is 2.73. The fraction of sp³-hybridized carbons (Fsp3) is 0.556. The molecule has 0 N–H and O–H groups in total. The first-order chi connectivity index (χ1) is 5.49.